The molecule has 0 saturated carbocycles. The number of amides is 1. The van der Waals surface area contributed by atoms with Crippen molar-refractivity contribution in [2.45, 2.75) is 0 Å². The Morgan fingerprint density at radius 3 is 3.15 bits per heavy atom. The highest BCUT2D eigenvalue weighted by molar-refractivity contribution is 8.14. The fraction of sp³-hybridized carbons (Fsp3) is 0.286. The first-order valence-corrected chi connectivity index (χ1v) is 5.61. The standard InChI is InChI=1S/C7H7N3OS2/c11-5(6-8-1-3-12-6)10-7-9-2-4-13-7/h1,3H,2,4H2,(H,9,10,11). The van der Waals surface area contributed by atoms with Crippen LogP contribution >= 0.6 is 23.1 Å². The third-order valence-electron chi connectivity index (χ3n) is 1.43. The van der Waals surface area contributed by atoms with Gasteiger partial charge in [0.1, 0.15) is 0 Å². The van der Waals surface area contributed by atoms with E-state index in [9.17, 15) is 4.79 Å². The molecule has 0 unspecified atom stereocenters. The lowest BCUT2D eigenvalue weighted by Crippen LogP contribution is -2.27. The number of carbonyl (C=O) groups excluding carboxylic acids is 1. The molecular weight excluding hydrogens is 206 g/mol. The van der Waals surface area contributed by atoms with E-state index in [-0.39, 0.29) is 5.91 Å². The van der Waals surface area contributed by atoms with E-state index in [0.717, 1.165) is 12.3 Å². The van der Waals surface area contributed by atoms with Crippen LogP contribution < -0.4 is 5.32 Å². The third-order valence-corrected chi connectivity index (χ3v) is 3.10. The van der Waals surface area contributed by atoms with Crippen LogP contribution in [-0.2, 0) is 0 Å². The summed E-state index contributed by atoms with van der Waals surface area (Å²) in [7, 11) is 0. The zero-order valence-electron chi connectivity index (χ0n) is 6.69. The van der Waals surface area contributed by atoms with Crippen molar-refractivity contribution >= 4 is 34.2 Å². The maximum atomic E-state index is 11.4. The van der Waals surface area contributed by atoms with Crippen LogP contribution in [0.4, 0.5) is 0 Å². The Morgan fingerprint density at radius 2 is 2.54 bits per heavy atom. The quantitative estimate of drug-likeness (QED) is 0.756. The van der Waals surface area contributed by atoms with Gasteiger partial charge in [0.2, 0.25) is 0 Å². The van der Waals surface area contributed by atoms with Crippen LogP contribution in [-0.4, -0.2) is 28.4 Å². The van der Waals surface area contributed by atoms with Gasteiger partial charge >= 0.3 is 0 Å². The van der Waals surface area contributed by atoms with Crippen LogP contribution in [0.1, 0.15) is 9.80 Å². The molecule has 0 aromatic carbocycles. The maximum Gasteiger partial charge on any atom is 0.286 e. The normalized spacial score (nSPS) is 15.5. The Morgan fingerprint density at radius 1 is 1.62 bits per heavy atom. The molecule has 0 fully saturated rings. The molecule has 1 N–H and O–H groups in total. The zero-order chi connectivity index (χ0) is 9.10. The van der Waals surface area contributed by atoms with Gasteiger partial charge in [0.05, 0.1) is 6.54 Å². The highest BCUT2D eigenvalue weighted by Gasteiger charge is 2.13. The van der Waals surface area contributed by atoms with E-state index >= 15 is 0 Å². The number of nitrogens with one attached hydrogen (secondary N) is 1. The Hall–Kier alpha value is -0.880. The second-order valence-corrected chi connectivity index (χ2v) is 4.30. The van der Waals surface area contributed by atoms with Crippen LogP contribution in [0.2, 0.25) is 0 Å². The first-order chi connectivity index (χ1) is 6.36. The summed E-state index contributed by atoms with van der Waals surface area (Å²) >= 11 is 2.89. The van der Waals surface area contributed by atoms with Crippen LogP contribution in [0, 0.1) is 0 Å². The van der Waals surface area contributed by atoms with Crippen molar-refractivity contribution in [3.05, 3.63) is 16.6 Å². The number of rotatable bonds is 1. The van der Waals surface area contributed by atoms with Gasteiger partial charge in [0.25, 0.3) is 5.91 Å². The second kappa shape index (κ2) is 3.89. The van der Waals surface area contributed by atoms with Gasteiger partial charge in [-0.1, -0.05) is 11.8 Å². The van der Waals surface area contributed by atoms with E-state index in [1.807, 2.05) is 0 Å². The van der Waals surface area contributed by atoms with Gasteiger partial charge < -0.3 is 0 Å². The van der Waals surface area contributed by atoms with Gasteiger partial charge in [-0.3, -0.25) is 15.1 Å². The predicted molar refractivity (Wildman–Crippen MR) is 54.3 cm³/mol. The Balaban J connectivity index is 1.99. The van der Waals surface area contributed by atoms with Gasteiger partial charge in [-0.05, 0) is 0 Å². The molecule has 13 heavy (non-hydrogen) atoms. The van der Waals surface area contributed by atoms with Crippen LogP contribution in [0.5, 0.6) is 0 Å². The lowest BCUT2D eigenvalue weighted by molar-refractivity contribution is 0.0977. The predicted octanol–water partition coefficient (Wildman–Crippen LogP) is 0.976. The molecule has 1 aliphatic heterocycles. The van der Waals surface area contributed by atoms with Crippen LogP contribution in [0.15, 0.2) is 16.6 Å². The highest BCUT2D eigenvalue weighted by atomic mass is 32.2. The minimum atomic E-state index is -0.164. The van der Waals surface area contributed by atoms with Crippen molar-refractivity contribution in [1.29, 1.82) is 0 Å². The number of thioether (sulfide) groups is 1. The average Bonchev–Trinajstić information content (AvgIpc) is 2.74. The summed E-state index contributed by atoms with van der Waals surface area (Å²) < 4.78 is 0. The Kier molecular flexibility index (Phi) is 2.60. The molecule has 1 aliphatic rings. The first kappa shape index (κ1) is 8.71. The van der Waals surface area contributed by atoms with Gasteiger partial charge in [-0.25, -0.2) is 4.98 Å². The number of hydrogen-bond donors (Lipinski definition) is 1. The molecule has 0 atom stereocenters. The molecule has 0 saturated heterocycles. The number of aliphatic imine (C=N–C) groups is 1. The fourth-order valence-corrected chi connectivity index (χ4v) is 2.15. The largest absolute Gasteiger partial charge is 0.299 e. The summed E-state index contributed by atoms with van der Waals surface area (Å²) in [6.45, 7) is 0.790. The van der Waals surface area contributed by atoms with Crippen molar-refractivity contribution in [3.63, 3.8) is 0 Å². The summed E-state index contributed by atoms with van der Waals surface area (Å²) in [6, 6.07) is 0. The molecule has 68 valence electrons. The summed E-state index contributed by atoms with van der Waals surface area (Å²) in [5.74, 6) is 0.788. The summed E-state index contributed by atoms with van der Waals surface area (Å²) in [4.78, 5) is 19.4. The third kappa shape index (κ3) is 2.07. The molecule has 6 heteroatoms. The number of hydrogen-bond acceptors (Lipinski definition) is 5. The molecule has 4 nitrogen and oxygen atoms in total. The van der Waals surface area contributed by atoms with Crippen LogP contribution in [0.3, 0.4) is 0 Å². The minimum Gasteiger partial charge on any atom is -0.299 e. The molecule has 0 bridgehead atoms. The molecule has 0 radical (unpaired) electrons. The smallest absolute Gasteiger partial charge is 0.286 e. The van der Waals surface area contributed by atoms with E-state index in [0.29, 0.717) is 10.2 Å². The first-order valence-electron chi connectivity index (χ1n) is 3.74. The lowest BCUT2D eigenvalue weighted by atomic mass is 10.6. The van der Waals surface area contributed by atoms with Crippen molar-refractivity contribution in [3.8, 4) is 0 Å². The molecule has 0 aliphatic carbocycles. The fourth-order valence-electron chi connectivity index (χ4n) is 0.897. The molecule has 2 rings (SSSR count). The van der Waals surface area contributed by atoms with Gasteiger partial charge in [0.15, 0.2) is 10.2 Å². The number of carbonyl (C=O) groups is 1. The van der Waals surface area contributed by atoms with Gasteiger partial charge in [-0.15, -0.1) is 11.3 Å². The van der Waals surface area contributed by atoms with Gasteiger partial charge in [0, 0.05) is 17.3 Å². The molecule has 1 aromatic heterocycles. The number of aromatic nitrogens is 1. The summed E-state index contributed by atoms with van der Waals surface area (Å²) in [5.41, 5.74) is 0. The topological polar surface area (TPSA) is 54.4 Å². The summed E-state index contributed by atoms with van der Waals surface area (Å²) in [6.07, 6.45) is 1.61. The molecule has 1 aromatic rings. The average molecular weight is 213 g/mol. The van der Waals surface area contributed by atoms with Gasteiger partial charge in [-0.2, -0.15) is 0 Å². The van der Waals surface area contributed by atoms with Crippen LogP contribution in [0.25, 0.3) is 0 Å². The number of nitrogens with zero attached hydrogens (tertiary/aromatic N) is 2. The van der Waals surface area contributed by atoms with Crippen molar-refractivity contribution in [2.24, 2.45) is 4.99 Å². The molecule has 2 heterocycles. The minimum absolute atomic E-state index is 0.164. The molecule has 0 spiro atoms. The van der Waals surface area contributed by atoms with E-state index < -0.39 is 0 Å². The zero-order valence-corrected chi connectivity index (χ0v) is 8.32. The van der Waals surface area contributed by atoms with Crippen molar-refractivity contribution in [1.82, 2.24) is 10.3 Å². The van der Waals surface area contributed by atoms with E-state index in [1.54, 1.807) is 23.3 Å². The Labute approximate surface area is 83.5 Å². The Bertz CT molecular complexity index is 334. The van der Waals surface area contributed by atoms with Crippen molar-refractivity contribution in [2.75, 3.05) is 12.3 Å². The van der Waals surface area contributed by atoms with Crippen molar-refractivity contribution < 1.29 is 4.79 Å². The molecule has 1 amide bonds. The van der Waals surface area contributed by atoms with E-state index in [1.165, 1.54) is 11.3 Å². The summed E-state index contributed by atoms with van der Waals surface area (Å²) in [5, 5.41) is 5.67. The second-order valence-electron chi connectivity index (χ2n) is 2.33. The molecular formula is C7H7N3OS2. The lowest BCUT2D eigenvalue weighted by Gasteiger charge is -1.99. The SMILES string of the molecule is O=C(NC1=NCCS1)c1nccs1. The van der Waals surface area contributed by atoms with E-state index in [4.69, 9.17) is 0 Å². The monoisotopic (exact) mass is 213 g/mol. The maximum absolute atomic E-state index is 11.4. The highest BCUT2D eigenvalue weighted by Crippen LogP contribution is 2.10. The number of thiazole rings is 1. The number of amidine groups is 1. The van der Waals surface area contributed by atoms with E-state index in [2.05, 4.69) is 15.3 Å².